The van der Waals surface area contributed by atoms with Crippen LogP contribution in [0.5, 0.6) is 0 Å². The number of hydrogen-bond acceptors (Lipinski definition) is 1. The Balaban J connectivity index is 2.66. The predicted molar refractivity (Wildman–Crippen MR) is 41.9 cm³/mol. The maximum atomic E-state index is 7.17. The standard InChI is InChI=1S/C8H9N2/c1-2-3-7-4-5-10-8(9)6-7/h2,4-6,9H,1,3H2. The molecule has 0 saturated heterocycles. The summed E-state index contributed by atoms with van der Waals surface area (Å²) in [5.41, 5.74) is 1.09. The number of hydrogen-bond donors (Lipinski definition) is 1. The molecule has 10 heavy (non-hydrogen) atoms. The summed E-state index contributed by atoms with van der Waals surface area (Å²) in [6, 6.07) is 0. The van der Waals surface area contributed by atoms with E-state index >= 15 is 0 Å². The normalized spacial score (nSPS) is 16.0. The van der Waals surface area contributed by atoms with E-state index in [-0.39, 0.29) is 0 Å². The van der Waals surface area contributed by atoms with Crippen molar-refractivity contribution in [2.75, 3.05) is 0 Å². The van der Waals surface area contributed by atoms with Crippen molar-refractivity contribution >= 4 is 5.84 Å². The van der Waals surface area contributed by atoms with E-state index in [9.17, 15) is 0 Å². The van der Waals surface area contributed by atoms with Crippen LogP contribution in [0.2, 0.25) is 0 Å². The van der Waals surface area contributed by atoms with E-state index in [4.69, 9.17) is 5.41 Å². The Bertz CT molecular complexity index is 211. The van der Waals surface area contributed by atoms with E-state index in [1.807, 2.05) is 12.2 Å². The molecule has 1 rings (SSSR count). The first kappa shape index (κ1) is 6.81. The largest absolute Gasteiger partial charge is 0.283 e. The summed E-state index contributed by atoms with van der Waals surface area (Å²) in [5, 5.41) is 10.9. The Morgan fingerprint density at radius 2 is 2.50 bits per heavy atom. The van der Waals surface area contributed by atoms with Crippen LogP contribution < -0.4 is 5.32 Å². The van der Waals surface area contributed by atoms with Gasteiger partial charge in [0.15, 0.2) is 0 Å². The van der Waals surface area contributed by atoms with Crippen LogP contribution in [0.4, 0.5) is 0 Å². The zero-order chi connectivity index (χ0) is 7.40. The third-order valence-electron chi connectivity index (χ3n) is 1.20. The van der Waals surface area contributed by atoms with Crippen molar-refractivity contribution in [1.82, 2.24) is 5.32 Å². The summed E-state index contributed by atoms with van der Waals surface area (Å²) < 4.78 is 0. The first-order valence-electron chi connectivity index (χ1n) is 3.10. The van der Waals surface area contributed by atoms with E-state index in [0.29, 0.717) is 5.84 Å². The summed E-state index contributed by atoms with van der Waals surface area (Å²) in [5.74, 6) is 0.319. The molecule has 0 aromatic rings. The number of nitrogens with zero attached hydrogens (tertiary/aromatic N) is 1. The summed E-state index contributed by atoms with van der Waals surface area (Å²) in [4.78, 5) is 0. The second-order valence-corrected chi connectivity index (χ2v) is 2.04. The Labute approximate surface area is 60.5 Å². The fraction of sp³-hybridized carbons (Fsp3) is 0.125. The lowest BCUT2D eigenvalue weighted by atomic mass is 10.1. The molecular weight excluding hydrogens is 124 g/mol. The van der Waals surface area contributed by atoms with Crippen molar-refractivity contribution in [3.05, 3.63) is 36.6 Å². The molecule has 0 fully saturated rings. The molecule has 51 valence electrons. The van der Waals surface area contributed by atoms with Gasteiger partial charge in [-0.25, -0.2) is 5.32 Å². The van der Waals surface area contributed by atoms with E-state index in [0.717, 1.165) is 12.0 Å². The topological polar surface area (TPSA) is 38.0 Å². The van der Waals surface area contributed by atoms with Gasteiger partial charge < -0.3 is 0 Å². The minimum absolute atomic E-state index is 0.319. The van der Waals surface area contributed by atoms with Gasteiger partial charge in [0.1, 0.15) is 5.84 Å². The van der Waals surface area contributed by atoms with Gasteiger partial charge in [-0.05, 0) is 24.1 Å². The van der Waals surface area contributed by atoms with Gasteiger partial charge in [0.05, 0.1) is 0 Å². The van der Waals surface area contributed by atoms with Crippen LogP contribution >= 0.6 is 0 Å². The highest BCUT2D eigenvalue weighted by molar-refractivity contribution is 5.92. The first-order valence-corrected chi connectivity index (χ1v) is 3.10. The van der Waals surface area contributed by atoms with Gasteiger partial charge in [0.25, 0.3) is 0 Å². The molecule has 1 N–H and O–H groups in total. The number of amidine groups is 1. The molecule has 0 atom stereocenters. The molecule has 0 amide bonds. The Kier molecular flexibility index (Phi) is 2.05. The minimum Gasteiger partial charge on any atom is -0.283 e. The number of allylic oxidation sites excluding steroid dienone is 3. The molecule has 1 aliphatic heterocycles. The molecular formula is C8H9N2. The number of rotatable bonds is 2. The fourth-order valence-electron chi connectivity index (χ4n) is 0.768. The monoisotopic (exact) mass is 133 g/mol. The van der Waals surface area contributed by atoms with Crippen molar-refractivity contribution < 1.29 is 0 Å². The fourth-order valence-corrected chi connectivity index (χ4v) is 0.768. The lowest BCUT2D eigenvalue weighted by Gasteiger charge is -2.03. The van der Waals surface area contributed by atoms with Gasteiger partial charge in [-0.1, -0.05) is 6.08 Å². The van der Waals surface area contributed by atoms with Crippen LogP contribution in [-0.2, 0) is 0 Å². The second-order valence-electron chi connectivity index (χ2n) is 2.04. The van der Waals surface area contributed by atoms with Gasteiger partial charge >= 0.3 is 0 Å². The third kappa shape index (κ3) is 1.58. The molecule has 2 nitrogen and oxygen atoms in total. The van der Waals surface area contributed by atoms with Crippen molar-refractivity contribution in [2.24, 2.45) is 0 Å². The molecule has 1 aliphatic rings. The molecule has 0 aromatic carbocycles. The van der Waals surface area contributed by atoms with Crippen LogP contribution in [0, 0.1) is 5.41 Å². The maximum Gasteiger partial charge on any atom is 0.144 e. The van der Waals surface area contributed by atoms with Gasteiger partial charge in [0.2, 0.25) is 0 Å². The summed E-state index contributed by atoms with van der Waals surface area (Å²) >= 11 is 0. The van der Waals surface area contributed by atoms with Crippen LogP contribution in [0.3, 0.4) is 0 Å². The van der Waals surface area contributed by atoms with Crippen LogP contribution in [0.15, 0.2) is 36.6 Å². The van der Waals surface area contributed by atoms with Crippen molar-refractivity contribution in [1.29, 1.82) is 5.41 Å². The quantitative estimate of drug-likeness (QED) is 0.556. The van der Waals surface area contributed by atoms with E-state index in [1.54, 1.807) is 12.3 Å². The average Bonchev–Trinajstić information content (AvgIpc) is 1.88. The van der Waals surface area contributed by atoms with Crippen molar-refractivity contribution in [2.45, 2.75) is 6.42 Å². The summed E-state index contributed by atoms with van der Waals surface area (Å²) in [6.45, 7) is 3.60. The van der Waals surface area contributed by atoms with Crippen molar-refractivity contribution in [3.63, 3.8) is 0 Å². The highest BCUT2D eigenvalue weighted by Crippen LogP contribution is 2.06. The lowest BCUT2D eigenvalue weighted by molar-refractivity contribution is 1.16. The Morgan fingerprint density at radius 1 is 1.70 bits per heavy atom. The average molecular weight is 133 g/mol. The zero-order valence-electron chi connectivity index (χ0n) is 5.67. The van der Waals surface area contributed by atoms with E-state index in [1.165, 1.54) is 0 Å². The lowest BCUT2D eigenvalue weighted by Crippen LogP contribution is -2.08. The molecule has 0 saturated carbocycles. The highest BCUT2D eigenvalue weighted by atomic mass is 14.9. The molecule has 1 radical (unpaired) electrons. The first-order chi connectivity index (χ1) is 4.83. The molecule has 0 aliphatic carbocycles. The van der Waals surface area contributed by atoms with E-state index < -0.39 is 0 Å². The van der Waals surface area contributed by atoms with Crippen LogP contribution in [-0.4, -0.2) is 5.84 Å². The van der Waals surface area contributed by atoms with Crippen LogP contribution in [0.25, 0.3) is 0 Å². The molecule has 0 unspecified atom stereocenters. The number of nitrogens with one attached hydrogen (secondary N) is 1. The molecule has 0 bridgehead atoms. The molecule has 1 heterocycles. The molecule has 0 aromatic heterocycles. The Morgan fingerprint density at radius 3 is 3.10 bits per heavy atom. The molecule has 2 heteroatoms. The summed E-state index contributed by atoms with van der Waals surface area (Å²) in [6.07, 6.45) is 7.89. The smallest absolute Gasteiger partial charge is 0.144 e. The Hall–Kier alpha value is -1.31. The van der Waals surface area contributed by atoms with E-state index in [2.05, 4.69) is 11.9 Å². The van der Waals surface area contributed by atoms with Gasteiger partial charge in [-0.2, -0.15) is 0 Å². The van der Waals surface area contributed by atoms with Gasteiger partial charge in [-0.3, -0.25) is 5.41 Å². The van der Waals surface area contributed by atoms with Crippen LogP contribution in [0.1, 0.15) is 6.42 Å². The highest BCUT2D eigenvalue weighted by Gasteiger charge is 1.98. The van der Waals surface area contributed by atoms with Gasteiger partial charge in [0, 0.05) is 6.20 Å². The second kappa shape index (κ2) is 3.01. The maximum absolute atomic E-state index is 7.17. The predicted octanol–water partition coefficient (Wildman–Crippen LogP) is 1.60. The zero-order valence-corrected chi connectivity index (χ0v) is 5.67. The summed E-state index contributed by atoms with van der Waals surface area (Å²) in [7, 11) is 0. The SMILES string of the molecule is C=CCC1=CC(=N)[N]C=C1. The molecule has 0 spiro atoms. The third-order valence-corrected chi connectivity index (χ3v) is 1.20. The van der Waals surface area contributed by atoms with Crippen molar-refractivity contribution in [3.8, 4) is 0 Å². The minimum atomic E-state index is 0.319. The van der Waals surface area contributed by atoms with Gasteiger partial charge in [-0.15, -0.1) is 6.58 Å².